The fourth-order valence-corrected chi connectivity index (χ4v) is 2.75. The van der Waals surface area contributed by atoms with Crippen molar-refractivity contribution in [1.82, 2.24) is 10.6 Å². The highest BCUT2D eigenvalue weighted by molar-refractivity contribution is 5.74. The summed E-state index contributed by atoms with van der Waals surface area (Å²) in [7, 11) is 3.99. The molecule has 1 aliphatic carbocycles. The van der Waals surface area contributed by atoms with Gasteiger partial charge in [-0.1, -0.05) is 25.0 Å². The van der Waals surface area contributed by atoms with Gasteiger partial charge in [-0.15, -0.1) is 0 Å². The molecule has 1 aromatic carbocycles. The fraction of sp³-hybridized carbons (Fsp3) is 0.562. The number of nitrogens with one attached hydrogen (secondary N) is 2. The van der Waals surface area contributed by atoms with E-state index in [1.54, 1.807) is 0 Å². The van der Waals surface area contributed by atoms with Crippen LogP contribution in [0.4, 0.5) is 10.5 Å². The summed E-state index contributed by atoms with van der Waals surface area (Å²) in [6.07, 6.45) is 3.84. The lowest BCUT2D eigenvalue weighted by Gasteiger charge is -2.28. The molecule has 3 N–H and O–H groups in total. The number of carbonyl (C=O) groups is 1. The highest BCUT2D eigenvalue weighted by atomic mass is 16.3. The van der Waals surface area contributed by atoms with Gasteiger partial charge in [0, 0.05) is 26.3 Å². The molecule has 2 rings (SSSR count). The van der Waals surface area contributed by atoms with E-state index in [9.17, 15) is 9.90 Å². The number of carbonyl (C=O) groups excluding carboxylic acids is 1. The predicted molar refractivity (Wildman–Crippen MR) is 84.4 cm³/mol. The average Bonchev–Trinajstić information content (AvgIpc) is 2.94. The number of amides is 2. The summed E-state index contributed by atoms with van der Waals surface area (Å²) >= 11 is 0. The maximum Gasteiger partial charge on any atom is 0.315 e. The molecule has 0 saturated heterocycles. The number of benzene rings is 1. The molecular formula is C16H25N3O2. The largest absolute Gasteiger partial charge is 0.394 e. The molecule has 1 saturated carbocycles. The highest BCUT2D eigenvalue weighted by Gasteiger charge is 2.34. The normalized spacial score (nSPS) is 16.5. The van der Waals surface area contributed by atoms with Crippen molar-refractivity contribution in [3.8, 4) is 0 Å². The Balaban J connectivity index is 1.83. The van der Waals surface area contributed by atoms with E-state index in [0.29, 0.717) is 6.54 Å². The van der Waals surface area contributed by atoms with Gasteiger partial charge in [0.2, 0.25) is 0 Å². The number of urea groups is 1. The van der Waals surface area contributed by atoms with Gasteiger partial charge in [-0.25, -0.2) is 4.79 Å². The number of anilines is 1. The van der Waals surface area contributed by atoms with Crippen LogP contribution in [0.25, 0.3) is 0 Å². The third-order valence-electron chi connectivity index (χ3n) is 4.15. The smallest absolute Gasteiger partial charge is 0.315 e. The second-order valence-electron chi connectivity index (χ2n) is 6.01. The first-order valence-electron chi connectivity index (χ1n) is 7.48. The molecule has 2 amide bonds. The highest BCUT2D eigenvalue weighted by Crippen LogP contribution is 2.28. The summed E-state index contributed by atoms with van der Waals surface area (Å²) in [4.78, 5) is 14.0. The molecule has 0 radical (unpaired) electrons. The van der Waals surface area contributed by atoms with Gasteiger partial charge in [-0.3, -0.25) is 0 Å². The van der Waals surface area contributed by atoms with Crippen molar-refractivity contribution in [1.29, 1.82) is 0 Å². The standard InChI is InChI=1S/C16H25N3O2/c1-19(2)14-7-5-13(6-8-14)11-17-15(21)18-16(12-20)9-3-4-10-16/h5-8,20H,3-4,9-12H2,1-2H3,(H2,17,18,21). The first-order chi connectivity index (χ1) is 10.0. The Morgan fingerprint density at radius 2 is 1.86 bits per heavy atom. The zero-order valence-corrected chi connectivity index (χ0v) is 12.9. The second-order valence-corrected chi connectivity index (χ2v) is 6.01. The Morgan fingerprint density at radius 1 is 1.24 bits per heavy atom. The molecule has 1 aromatic rings. The number of aliphatic hydroxyl groups excluding tert-OH is 1. The quantitative estimate of drug-likeness (QED) is 0.776. The molecule has 0 aliphatic heterocycles. The third kappa shape index (κ3) is 4.11. The molecule has 116 valence electrons. The van der Waals surface area contributed by atoms with E-state index in [4.69, 9.17) is 0 Å². The van der Waals surface area contributed by atoms with Crippen LogP contribution in [-0.4, -0.2) is 37.4 Å². The van der Waals surface area contributed by atoms with Crippen molar-refractivity contribution < 1.29 is 9.90 Å². The topological polar surface area (TPSA) is 64.6 Å². The lowest BCUT2D eigenvalue weighted by molar-refractivity contribution is 0.163. The van der Waals surface area contributed by atoms with Crippen LogP contribution in [0.2, 0.25) is 0 Å². The zero-order valence-electron chi connectivity index (χ0n) is 12.9. The maximum atomic E-state index is 12.0. The average molecular weight is 291 g/mol. The first-order valence-corrected chi connectivity index (χ1v) is 7.48. The molecule has 0 aromatic heterocycles. The molecule has 1 aliphatic rings. The van der Waals surface area contributed by atoms with Crippen molar-refractivity contribution in [2.75, 3.05) is 25.6 Å². The fourth-order valence-electron chi connectivity index (χ4n) is 2.75. The zero-order chi connectivity index (χ0) is 15.3. The van der Waals surface area contributed by atoms with Crippen LogP contribution in [0, 0.1) is 0 Å². The minimum absolute atomic E-state index is 0.0119. The lowest BCUT2D eigenvalue weighted by Crippen LogP contribution is -2.52. The minimum Gasteiger partial charge on any atom is -0.394 e. The predicted octanol–water partition coefficient (Wildman–Crippen LogP) is 1.86. The van der Waals surface area contributed by atoms with E-state index in [1.165, 1.54) is 0 Å². The van der Waals surface area contributed by atoms with Gasteiger partial charge in [0.15, 0.2) is 0 Å². The number of aliphatic hydroxyl groups is 1. The van der Waals surface area contributed by atoms with E-state index < -0.39 is 5.54 Å². The van der Waals surface area contributed by atoms with E-state index >= 15 is 0 Å². The summed E-state index contributed by atoms with van der Waals surface area (Å²) in [5.74, 6) is 0. The molecule has 0 atom stereocenters. The molecule has 0 unspecified atom stereocenters. The van der Waals surface area contributed by atoms with Gasteiger partial charge in [-0.2, -0.15) is 0 Å². The van der Waals surface area contributed by atoms with Crippen LogP contribution >= 0.6 is 0 Å². The van der Waals surface area contributed by atoms with E-state index in [-0.39, 0.29) is 12.6 Å². The van der Waals surface area contributed by atoms with E-state index in [2.05, 4.69) is 10.6 Å². The number of nitrogens with zero attached hydrogens (tertiary/aromatic N) is 1. The minimum atomic E-state index is -0.418. The molecule has 5 heteroatoms. The summed E-state index contributed by atoms with van der Waals surface area (Å²) in [6, 6.07) is 7.87. The Hall–Kier alpha value is -1.75. The van der Waals surface area contributed by atoms with E-state index in [0.717, 1.165) is 36.9 Å². The summed E-state index contributed by atoms with van der Waals surface area (Å²) in [5.41, 5.74) is 1.77. The van der Waals surface area contributed by atoms with Gasteiger partial charge >= 0.3 is 6.03 Å². The summed E-state index contributed by atoms with van der Waals surface area (Å²) in [5, 5.41) is 15.3. The van der Waals surface area contributed by atoms with Gasteiger partial charge in [0.1, 0.15) is 0 Å². The molecular weight excluding hydrogens is 266 g/mol. The monoisotopic (exact) mass is 291 g/mol. The van der Waals surface area contributed by atoms with Crippen LogP contribution in [-0.2, 0) is 6.54 Å². The number of rotatable bonds is 5. The molecule has 0 heterocycles. The van der Waals surface area contributed by atoms with Crippen LogP contribution in [0.15, 0.2) is 24.3 Å². The molecule has 0 bridgehead atoms. The van der Waals surface area contributed by atoms with Crippen LogP contribution in [0.3, 0.4) is 0 Å². The van der Waals surface area contributed by atoms with Crippen LogP contribution in [0.5, 0.6) is 0 Å². The van der Waals surface area contributed by atoms with Crippen molar-refractivity contribution in [2.45, 2.75) is 37.8 Å². The Kier molecular flexibility index (Phi) is 5.07. The summed E-state index contributed by atoms with van der Waals surface area (Å²) in [6.45, 7) is 0.499. The Labute approximate surface area is 126 Å². The van der Waals surface area contributed by atoms with Gasteiger partial charge < -0.3 is 20.6 Å². The number of hydrogen-bond donors (Lipinski definition) is 3. The Bertz CT molecular complexity index is 465. The summed E-state index contributed by atoms with van der Waals surface area (Å²) < 4.78 is 0. The first kappa shape index (κ1) is 15.6. The van der Waals surface area contributed by atoms with Crippen molar-refractivity contribution in [3.05, 3.63) is 29.8 Å². The van der Waals surface area contributed by atoms with Gasteiger partial charge in [0.05, 0.1) is 12.1 Å². The van der Waals surface area contributed by atoms with Crippen molar-refractivity contribution in [3.63, 3.8) is 0 Å². The molecule has 21 heavy (non-hydrogen) atoms. The maximum absolute atomic E-state index is 12.0. The van der Waals surface area contributed by atoms with E-state index in [1.807, 2.05) is 43.3 Å². The lowest BCUT2D eigenvalue weighted by atomic mass is 9.99. The Morgan fingerprint density at radius 3 is 2.38 bits per heavy atom. The molecule has 1 fully saturated rings. The third-order valence-corrected chi connectivity index (χ3v) is 4.15. The SMILES string of the molecule is CN(C)c1ccc(CNC(=O)NC2(CO)CCCC2)cc1. The van der Waals surface area contributed by atoms with Gasteiger partial charge in [-0.05, 0) is 30.5 Å². The van der Waals surface area contributed by atoms with Gasteiger partial charge in [0.25, 0.3) is 0 Å². The second kappa shape index (κ2) is 6.80. The van der Waals surface area contributed by atoms with Crippen molar-refractivity contribution >= 4 is 11.7 Å². The van der Waals surface area contributed by atoms with Crippen molar-refractivity contribution in [2.24, 2.45) is 0 Å². The number of hydrogen-bond acceptors (Lipinski definition) is 3. The van der Waals surface area contributed by atoms with Crippen LogP contribution < -0.4 is 15.5 Å². The molecule has 0 spiro atoms. The molecule has 5 nitrogen and oxygen atoms in total. The van der Waals surface area contributed by atoms with Crippen LogP contribution in [0.1, 0.15) is 31.2 Å².